The normalized spacial score (nSPS) is 12.6. The van der Waals surface area contributed by atoms with Crippen molar-refractivity contribution in [3.63, 3.8) is 0 Å². The molecule has 114 valence electrons. The summed E-state index contributed by atoms with van der Waals surface area (Å²) in [5, 5.41) is 3.31. The summed E-state index contributed by atoms with van der Waals surface area (Å²) in [5.41, 5.74) is 0.983. The molecule has 21 heavy (non-hydrogen) atoms. The van der Waals surface area contributed by atoms with Crippen LogP contribution in [0.25, 0.3) is 0 Å². The van der Waals surface area contributed by atoms with Crippen LogP contribution in [0.2, 0.25) is 0 Å². The van der Waals surface area contributed by atoms with Gasteiger partial charge in [0.2, 0.25) is 0 Å². The molecule has 0 fully saturated rings. The SMILES string of the molecule is CCCNC(Cc1c(F)ccc(Br)c1F)c1coc(C)c1. The molecule has 0 bridgehead atoms. The lowest BCUT2D eigenvalue weighted by Gasteiger charge is -2.18. The van der Waals surface area contributed by atoms with E-state index in [9.17, 15) is 8.78 Å². The van der Waals surface area contributed by atoms with Crippen molar-refractivity contribution in [1.82, 2.24) is 5.32 Å². The van der Waals surface area contributed by atoms with Crippen molar-refractivity contribution in [1.29, 1.82) is 0 Å². The molecule has 1 aromatic carbocycles. The van der Waals surface area contributed by atoms with Gasteiger partial charge in [-0.25, -0.2) is 8.78 Å². The molecule has 0 amide bonds. The van der Waals surface area contributed by atoms with Crippen molar-refractivity contribution in [3.8, 4) is 0 Å². The van der Waals surface area contributed by atoms with Gasteiger partial charge in [0.1, 0.15) is 17.4 Å². The number of rotatable bonds is 6. The van der Waals surface area contributed by atoms with E-state index < -0.39 is 11.6 Å². The highest BCUT2D eigenvalue weighted by Gasteiger charge is 2.20. The third-order valence-corrected chi connectivity index (χ3v) is 3.95. The Labute approximate surface area is 131 Å². The molecule has 1 aromatic heterocycles. The van der Waals surface area contributed by atoms with Gasteiger partial charge in [-0.2, -0.15) is 0 Å². The molecule has 1 N–H and O–H groups in total. The van der Waals surface area contributed by atoms with Crippen molar-refractivity contribution >= 4 is 15.9 Å². The van der Waals surface area contributed by atoms with Crippen LogP contribution in [0, 0.1) is 18.6 Å². The van der Waals surface area contributed by atoms with Crippen molar-refractivity contribution in [3.05, 3.63) is 57.5 Å². The maximum atomic E-state index is 14.1. The first-order valence-corrected chi connectivity index (χ1v) is 7.73. The van der Waals surface area contributed by atoms with Gasteiger partial charge in [-0.3, -0.25) is 0 Å². The van der Waals surface area contributed by atoms with E-state index in [0.29, 0.717) is 0 Å². The number of furan rings is 1. The molecule has 1 unspecified atom stereocenters. The van der Waals surface area contributed by atoms with E-state index in [2.05, 4.69) is 21.2 Å². The summed E-state index contributed by atoms with van der Waals surface area (Å²) in [6.07, 6.45) is 2.81. The topological polar surface area (TPSA) is 25.2 Å². The first kappa shape index (κ1) is 16.2. The van der Waals surface area contributed by atoms with Crippen LogP contribution in [0.15, 0.2) is 33.4 Å². The van der Waals surface area contributed by atoms with Crippen molar-refractivity contribution < 1.29 is 13.2 Å². The molecule has 0 spiro atoms. The molecule has 5 heteroatoms. The molecule has 0 aliphatic heterocycles. The summed E-state index contributed by atoms with van der Waals surface area (Å²) in [6.45, 7) is 4.66. The van der Waals surface area contributed by atoms with E-state index in [1.54, 1.807) is 6.26 Å². The van der Waals surface area contributed by atoms with Gasteiger partial charge in [0.05, 0.1) is 10.7 Å². The second-order valence-electron chi connectivity index (χ2n) is 5.02. The van der Waals surface area contributed by atoms with Gasteiger partial charge in [0, 0.05) is 17.2 Å². The predicted molar refractivity (Wildman–Crippen MR) is 82.2 cm³/mol. The Balaban J connectivity index is 2.29. The third kappa shape index (κ3) is 3.92. The van der Waals surface area contributed by atoms with E-state index in [-0.39, 0.29) is 22.5 Å². The Morgan fingerprint density at radius 2 is 2.10 bits per heavy atom. The lowest BCUT2D eigenvalue weighted by atomic mass is 9.99. The van der Waals surface area contributed by atoms with Crippen LogP contribution in [0.1, 0.15) is 36.3 Å². The molecule has 1 atom stereocenters. The van der Waals surface area contributed by atoms with Gasteiger partial charge in [0.15, 0.2) is 0 Å². The molecule has 2 rings (SSSR count). The van der Waals surface area contributed by atoms with Crippen LogP contribution in [-0.2, 0) is 6.42 Å². The summed E-state index contributed by atoms with van der Waals surface area (Å²) >= 11 is 3.10. The summed E-state index contributed by atoms with van der Waals surface area (Å²) in [6, 6.07) is 4.37. The first-order chi connectivity index (χ1) is 10.0. The Hall–Kier alpha value is -1.20. The molecule has 0 aliphatic carbocycles. The monoisotopic (exact) mass is 357 g/mol. The quantitative estimate of drug-likeness (QED) is 0.742. The van der Waals surface area contributed by atoms with E-state index >= 15 is 0 Å². The minimum atomic E-state index is -0.543. The molecule has 0 saturated carbocycles. The molecular formula is C16H18BrF2NO. The average Bonchev–Trinajstić information content (AvgIpc) is 2.89. The van der Waals surface area contributed by atoms with E-state index in [1.165, 1.54) is 12.1 Å². The largest absolute Gasteiger partial charge is 0.469 e. The average molecular weight is 358 g/mol. The molecule has 0 aliphatic rings. The Morgan fingerprint density at radius 3 is 2.71 bits per heavy atom. The van der Waals surface area contributed by atoms with Crippen molar-refractivity contribution in [2.75, 3.05) is 6.54 Å². The standard InChI is InChI=1S/C16H18BrF2NO/c1-3-6-20-15(11-7-10(2)21-9-11)8-12-14(18)5-4-13(17)16(12)19/h4-5,7,9,15,20H,3,6,8H2,1-2H3. The fourth-order valence-corrected chi connectivity index (χ4v) is 2.60. The Bertz CT molecular complexity index is 612. The number of nitrogens with one attached hydrogen (secondary N) is 1. The number of aryl methyl sites for hydroxylation is 1. The Kier molecular flexibility index (Phi) is 5.53. The molecular weight excluding hydrogens is 340 g/mol. The smallest absolute Gasteiger partial charge is 0.143 e. The van der Waals surface area contributed by atoms with Gasteiger partial charge in [0.25, 0.3) is 0 Å². The zero-order valence-corrected chi connectivity index (χ0v) is 13.6. The first-order valence-electron chi connectivity index (χ1n) is 6.93. The van der Waals surface area contributed by atoms with Crippen LogP contribution in [0.3, 0.4) is 0 Å². The number of hydrogen-bond acceptors (Lipinski definition) is 2. The molecule has 2 aromatic rings. The lowest BCUT2D eigenvalue weighted by molar-refractivity contribution is 0.479. The second kappa shape index (κ2) is 7.18. The minimum absolute atomic E-state index is 0.0804. The Morgan fingerprint density at radius 1 is 1.33 bits per heavy atom. The fraction of sp³-hybridized carbons (Fsp3) is 0.375. The zero-order valence-electron chi connectivity index (χ0n) is 12.1. The summed E-state index contributed by atoms with van der Waals surface area (Å²) in [4.78, 5) is 0. The fourth-order valence-electron chi connectivity index (χ4n) is 2.23. The zero-order chi connectivity index (χ0) is 15.4. The molecule has 1 heterocycles. The second-order valence-corrected chi connectivity index (χ2v) is 5.88. The maximum Gasteiger partial charge on any atom is 0.143 e. The van der Waals surface area contributed by atoms with Crippen LogP contribution >= 0.6 is 15.9 Å². The van der Waals surface area contributed by atoms with E-state index in [1.807, 2.05) is 19.9 Å². The van der Waals surface area contributed by atoms with E-state index in [4.69, 9.17) is 4.42 Å². The highest BCUT2D eigenvalue weighted by Crippen LogP contribution is 2.27. The predicted octanol–water partition coefficient (Wildman–Crippen LogP) is 4.91. The van der Waals surface area contributed by atoms with Gasteiger partial charge in [-0.05, 0) is 60.4 Å². The minimum Gasteiger partial charge on any atom is -0.469 e. The summed E-state index contributed by atoms with van der Waals surface area (Å²) in [7, 11) is 0. The van der Waals surface area contributed by atoms with Crippen molar-refractivity contribution in [2.24, 2.45) is 0 Å². The molecule has 0 radical (unpaired) electrons. The summed E-state index contributed by atoms with van der Waals surface area (Å²) < 4.78 is 33.6. The van der Waals surface area contributed by atoms with Gasteiger partial charge in [-0.15, -0.1) is 0 Å². The number of halogens is 3. The third-order valence-electron chi connectivity index (χ3n) is 3.34. The number of hydrogen-bond donors (Lipinski definition) is 1. The van der Waals surface area contributed by atoms with E-state index in [0.717, 1.165) is 24.3 Å². The van der Waals surface area contributed by atoms with Gasteiger partial charge >= 0.3 is 0 Å². The highest BCUT2D eigenvalue weighted by molar-refractivity contribution is 9.10. The van der Waals surface area contributed by atoms with Crippen LogP contribution in [0.4, 0.5) is 8.78 Å². The van der Waals surface area contributed by atoms with Gasteiger partial charge in [-0.1, -0.05) is 6.92 Å². The van der Waals surface area contributed by atoms with Crippen LogP contribution in [0.5, 0.6) is 0 Å². The molecule has 0 saturated heterocycles. The van der Waals surface area contributed by atoms with Gasteiger partial charge < -0.3 is 9.73 Å². The lowest BCUT2D eigenvalue weighted by Crippen LogP contribution is -2.24. The summed E-state index contributed by atoms with van der Waals surface area (Å²) in [5.74, 6) is -0.291. The van der Waals surface area contributed by atoms with Crippen LogP contribution in [-0.4, -0.2) is 6.54 Å². The highest BCUT2D eigenvalue weighted by atomic mass is 79.9. The number of benzene rings is 1. The van der Waals surface area contributed by atoms with Crippen LogP contribution < -0.4 is 5.32 Å². The maximum absolute atomic E-state index is 14.1. The molecule has 2 nitrogen and oxygen atoms in total. The van der Waals surface area contributed by atoms with Crippen molar-refractivity contribution in [2.45, 2.75) is 32.7 Å².